The zero-order chi connectivity index (χ0) is 10.8. The van der Waals surface area contributed by atoms with Crippen molar-refractivity contribution < 1.29 is 4.74 Å². The summed E-state index contributed by atoms with van der Waals surface area (Å²) < 4.78 is 5.34. The van der Waals surface area contributed by atoms with E-state index in [1.807, 2.05) is 11.8 Å². The monoisotopic (exact) mass is 231 g/mol. The van der Waals surface area contributed by atoms with Crippen molar-refractivity contribution >= 4 is 11.8 Å². The lowest BCUT2D eigenvalue weighted by Crippen LogP contribution is -2.23. The van der Waals surface area contributed by atoms with Crippen molar-refractivity contribution in [2.45, 2.75) is 32.1 Å². The van der Waals surface area contributed by atoms with Gasteiger partial charge in [-0.25, -0.2) is 0 Å². The lowest BCUT2D eigenvalue weighted by atomic mass is 10.1. The van der Waals surface area contributed by atoms with E-state index in [-0.39, 0.29) is 0 Å². The van der Waals surface area contributed by atoms with Crippen LogP contribution in [0.1, 0.15) is 32.1 Å². The van der Waals surface area contributed by atoms with Gasteiger partial charge in [0.15, 0.2) is 0 Å². The molecular weight excluding hydrogens is 206 g/mol. The second-order valence-electron chi connectivity index (χ2n) is 4.34. The van der Waals surface area contributed by atoms with Gasteiger partial charge in [0.1, 0.15) is 0 Å². The van der Waals surface area contributed by atoms with Crippen LogP contribution in [0.15, 0.2) is 0 Å². The molecule has 15 heavy (non-hydrogen) atoms. The fourth-order valence-electron chi connectivity index (χ4n) is 1.90. The third-order valence-electron chi connectivity index (χ3n) is 2.91. The summed E-state index contributed by atoms with van der Waals surface area (Å²) in [6, 6.07) is 0. The molecule has 1 aliphatic rings. The van der Waals surface area contributed by atoms with E-state index in [0.717, 1.165) is 25.7 Å². The summed E-state index contributed by atoms with van der Waals surface area (Å²) in [5, 5.41) is 3.53. The Hall–Kier alpha value is 0.270. The van der Waals surface area contributed by atoms with Crippen LogP contribution in [0.25, 0.3) is 0 Å². The Kier molecular flexibility index (Phi) is 8.44. The Bertz CT molecular complexity index is 138. The zero-order valence-electron chi connectivity index (χ0n) is 9.96. The molecule has 90 valence electrons. The standard InChI is InChI=1S/C12H25NOS/c1-15-9-5-3-2-4-7-13-10-12-6-8-14-11-12/h12-13H,2-11H2,1H3. The molecule has 1 heterocycles. The van der Waals surface area contributed by atoms with Crippen LogP contribution in [0.3, 0.4) is 0 Å². The third kappa shape index (κ3) is 7.20. The van der Waals surface area contributed by atoms with Crippen LogP contribution in [0.4, 0.5) is 0 Å². The van der Waals surface area contributed by atoms with Crippen LogP contribution in [-0.2, 0) is 4.74 Å². The topological polar surface area (TPSA) is 21.3 Å². The van der Waals surface area contributed by atoms with E-state index >= 15 is 0 Å². The lowest BCUT2D eigenvalue weighted by molar-refractivity contribution is 0.185. The summed E-state index contributed by atoms with van der Waals surface area (Å²) in [7, 11) is 0. The first kappa shape index (κ1) is 13.3. The van der Waals surface area contributed by atoms with Crippen LogP contribution in [-0.4, -0.2) is 38.3 Å². The molecule has 3 heteroatoms. The van der Waals surface area contributed by atoms with Crippen molar-refractivity contribution in [3.63, 3.8) is 0 Å². The van der Waals surface area contributed by atoms with Gasteiger partial charge in [-0.15, -0.1) is 0 Å². The third-order valence-corrected chi connectivity index (χ3v) is 3.61. The molecule has 0 radical (unpaired) electrons. The summed E-state index contributed by atoms with van der Waals surface area (Å²) in [6.45, 7) is 4.29. The fourth-order valence-corrected chi connectivity index (χ4v) is 2.39. The molecule has 1 rings (SSSR count). The maximum absolute atomic E-state index is 5.34. The van der Waals surface area contributed by atoms with E-state index in [1.165, 1.54) is 44.4 Å². The van der Waals surface area contributed by atoms with Crippen molar-refractivity contribution in [3.05, 3.63) is 0 Å². The average molecular weight is 231 g/mol. The Labute approximate surface area is 98.5 Å². The minimum Gasteiger partial charge on any atom is -0.381 e. The van der Waals surface area contributed by atoms with Gasteiger partial charge in [0, 0.05) is 13.2 Å². The largest absolute Gasteiger partial charge is 0.381 e. The van der Waals surface area contributed by atoms with Crippen molar-refractivity contribution in [3.8, 4) is 0 Å². The van der Waals surface area contributed by atoms with Gasteiger partial charge in [0.25, 0.3) is 0 Å². The SMILES string of the molecule is CSCCCCCCNCC1CCOC1. The molecular formula is C12H25NOS. The molecule has 0 amide bonds. The maximum atomic E-state index is 5.34. The Morgan fingerprint density at radius 2 is 2.13 bits per heavy atom. The second-order valence-corrected chi connectivity index (χ2v) is 5.33. The number of nitrogens with one attached hydrogen (secondary N) is 1. The molecule has 0 aliphatic carbocycles. The van der Waals surface area contributed by atoms with Crippen LogP contribution < -0.4 is 5.32 Å². The number of unbranched alkanes of at least 4 members (excludes halogenated alkanes) is 3. The Balaban J connectivity index is 1.73. The molecule has 0 aromatic carbocycles. The first-order chi connectivity index (χ1) is 7.43. The highest BCUT2D eigenvalue weighted by molar-refractivity contribution is 7.98. The minimum atomic E-state index is 0.779. The van der Waals surface area contributed by atoms with Gasteiger partial charge in [0.2, 0.25) is 0 Å². The smallest absolute Gasteiger partial charge is 0.0507 e. The van der Waals surface area contributed by atoms with Gasteiger partial charge >= 0.3 is 0 Å². The molecule has 1 unspecified atom stereocenters. The molecule has 0 bridgehead atoms. The maximum Gasteiger partial charge on any atom is 0.0507 e. The van der Waals surface area contributed by atoms with Crippen LogP contribution in [0.2, 0.25) is 0 Å². The zero-order valence-corrected chi connectivity index (χ0v) is 10.8. The van der Waals surface area contributed by atoms with E-state index in [1.54, 1.807) is 0 Å². The number of hydrogen-bond donors (Lipinski definition) is 1. The molecule has 1 N–H and O–H groups in total. The summed E-state index contributed by atoms with van der Waals surface area (Å²) in [5.41, 5.74) is 0. The molecule has 1 fully saturated rings. The lowest BCUT2D eigenvalue weighted by Gasteiger charge is -2.08. The highest BCUT2D eigenvalue weighted by Crippen LogP contribution is 2.10. The first-order valence-electron chi connectivity index (χ1n) is 6.21. The highest BCUT2D eigenvalue weighted by atomic mass is 32.2. The minimum absolute atomic E-state index is 0.779. The summed E-state index contributed by atoms with van der Waals surface area (Å²) in [6.07, 6.45) is 8.94. The van der Waals surface area contributed by atoms with Crippen molar-refractivity contribution in [1.82, 2.24) is 5.32 Å². The summed E-state index contributed by atoms with van der Waals surface area (Å²) >= 11 is 1.96. The molecule has 0 saturated carbocycles. The second kappa shape index (κ2) is 9.49. The van der Waals surface area contributed by atoms with Gasteiger partial charge in [-0.1, -0.05) is 12.8 Å². The number of rotatable bonds is 9. The molecule has 2 nitrogen and oxygen atoms in total. The number of thioether (sulfide) groups is 1. The van der Waals surface area contributed by atoms with Gasteiger partial charge < -0.3 is 10.1 Å². The summed E-state index contributed by atoms with van der Waals surface area (Å²) in [5.74, 6) is 2.11. The van der Waals surface area contributed by atoms with E-state index in [9.17, 15) is 0 Å². The molecule has 1 atom stereocenters. The normalized spacial score (nSPS) is 21.0. The van der Waals surface area contributed by atoms with Crippen molar-refractivity contribution in [1.29, 1.82) is 0 Å². The van der Waals surface area contributed by atoms with Crippen molar-refractivity contribution in [2.75, 3.05) is 38.3 Å². The molecule has 0 aromatic heterocycles. The Morgan fingerprint density at radius 1 is 1.27 bits per heavy atom. The molecule has 0 spiro atoms. The Morgan fingerprint density at radius 3 is 2.87 bits per heavy atom. The fraction of sp³-hybridized carbons (Fsp3) is 1.00. The van der Waals surface area contributed by atoms with E-state index < -0.39 is 0 Å². The van der Waals surface area contributed by atoms with Gasteiger partial charge in [-0.3, -0.25) is 0 Å². The number of hydrogen-bond acceptors (Lipinski definition) is 3. The molecule has 1 aliphatic heterocycles. The summed E-state index contributed by atoms with van der Waals surface area (Å²) in [4.78, 5) is 0. The van der Waals surface area contributed by atoms with Crippen LogP contribution in [0, 0.1) is 5.92 Å². The molecule has 1 saturated heterocycles. The number of ether oxygens (including phenoxy) is 1. The van der Waals surface area contributed by atoms with Gasteiger partial charge in [-0.05, 0) is 43.7 Å². The van der Waals surface area contributed by atoms with Crippen LogP contribution >= 0.6 is 11.8 Å². The van der Waals surface area contributed by atoms with Gasteiger partial charge in [0.05, 0.1) is 6.61 Å². The predicted octanol–water partition coefficient (Wildman–Crippen LogP) is 2.54. The van der Waals surface area contributed by atoms with E-state index in [0.29, 0.717) is 0 Å². The van der Waals surface area contributed by atoms with Crippen molar-refractivity contribution in [2.24, 2.45) is 5.92 Å². The highest BCUT2D eigenvalue weighted by Gasteiger charge is 2.14. The van der Waals surface area contributed by atoms with Crippen LogP contribution in [0.5, 0.6) is 0 Å². The molecule has 0 aromatic rings. The van der Waals surface area contributed by atoms with E-state index in [4.69, 9.17) is 4.74 Å². The predicted molar refractivity (Wildman–Crippen MR) is 68.6 cm³/mol. The first-order valence-corrected chi connectivity index (χ1v) is 7.60. The van der Waals surface area contributed by atoms with E-state index in [2.05, 4.69) is 11.6 Å². The average Bonchev–Trinajstić information content (AvgIpc) is 2.75. The quantitative estimate of drug-likeness (QED) is 0.616. The van der Waals surface area contributed by atoms with Gasteiger partial charge in [-0.2, -0.15) is 11.8 Å².